The van der Waals surface area contributed by atoms with Crippen LogP contribution in [0.1, 0.15) is 58.7 Å². The van der Waals surface area contributed by atoms with E-state index in [1.807, 2.05) is 0 Å². The first-order valence-corrected chi connectivity index (χ1v) is 21.4. The van der Waals surface area contributed by atoms with Gasteiger partial charge in [0.05, 0.1) is 40.5 Å². The zero-order valence-corrected chi connectivity index (χ0v) is 37.0. The smallest absolute Gasteiger partial charge is 0.338 e. The van der Waals surface area contributed by atoms with Gasteiger partial charge in [-0.05, 0) is 67.6 Å². The van der Waals surface area contributed by atoms with Gasteiger partial charge in [0.2, 0.25) is 18.3 Å². The lowest BCUT2D eigenvalue weighted by Gasteiger charge is -2.46. The third kappa shape index (κ3) is 11.9. The van der Waals surface area contributed by atoms with Crippen LogP contribution in [0.4, 0.5) is 0 Å². The molecular formula is C48H40Cl3NO14. The molecule has 2 aliphatic rings. The average molecular weight is 961 g/mol. The molecule has 0 spiro atoms. The lowest BCUT2D eigenvalue weighted by molar-refractivity contribution is -0.332. The summed E-state index contributed by atoms with van der Waals surface area (Å²) in [6.07, 6.45) is -14.4. The van der Waals surface area contributed by atoms with Gasteiger partial charge in [-0.1, -0.05) is 126 Å². The van der Waals surface area contributed by atoms with E-state index >= 15 is 0 Å². The molecule has 18 heteroatoms. The lowest BCUT2D eigenvalue weighted by atomic mass is 9.97. The van der Waals surface area contributed by atoms with Crippen molar-refractivity contribution in [3.63, 3.8) is 0 Å². The quantitative estimate of drug-likeness (QED) is 0.0393. The first kappa shape index (κ1) is 47.6. The molecule has 1 N–H and O–H groups in total. The van der Waals surface area contributed by atoms with Gasteiger partial charge in [-0.25, -0.2) is 24.0 Å². The third-order valence-electron chi connectivity index (χ3n) is 10.2. The molecule has 2 aliphatic heterocycles. The van der Waals surface area contributed by atoms with E-state index in [2.05, 4.69) is 0 Å². The van der Waals surface area contributed by atoms with E-state index in [9.17, 15) is 24.0 Å². The fourth-order valence-electron chi connectivity index (χ4n) is 6.92. The van der Waals surface area contributed by atoms with Crippen LogP contribution in [-0.2, 0) is 42.6 Å². The van der Waals surface area contributed by atoms with E-state index < -0.39 is 101 Å². The van der Waals surface area contributed by atoms with Crippen LogP contribution in [0, 0.1) is 5.41 Å². The topological polar surface area (TPSA) is 192 Å². The second-order valence-corrected chi connectivity index (χ2v) is 17.0. The van der Waals surface area contributed by atoms with Crippen LogP contribution in [0.2, 0.25) is 0 Å². The Labute approximate surface area is 393 Å². The van der Waals surface area contributed by atoms with E-state index in [4.69, 9.17) is 82.8 Å². The van der Waals surface area contributed by atoms with Gasteiger partial charge in [0.1, 0.15) is 6.10 Å². The molecule has 66 heavy (non-hydrogen) atoms. The number of carbonyl (C=O) groups is 5. The monoisotopic (exact) mass is 959 g/mol. The number of esters is 5. The number of rotatable bonds is 13. The molecule has 0 amide bonds. The fourth-order valence-corrected chi connectivity index (χ4v) is 7.05. The summed E-state index contributed by atoms with van der Waals surface area (Å²) in [5.74, 6) is -5.39. The van der Waals surface area contributed by atoms with Crippen LogP contribution in [0.5, 0.6) is 0 Å². The van der Waals surface area contributed by atoms with Crippen LogP contribution in [-0.4, -0.2) is 101 Å². The molecule has 342 valence electrons. The largest absolute Gasteiger partial charge is 0.452 e. The summed E-state index contributed by atoms with van der Waals surface area (Å²) in [6.45, 7) is 0.956. The minimum absolute atomic E-state index is 0.0698. The van der Waals surface area contributed by atoms with Crippen molar-refractivity contribution in [2.45, 2.75) is 66.0 Å². The Morgan fingerprint density at radius 1 is 0.470 bits per heavy atom. The number of ether oxygens (including phenoxy) is 9. The molecule has 0 radical (unpaired) electrons. The van der Waals surface area contributed by atoms with Crippen LogP contribution in [0.25, 0.3) is 0 Å². The number of hydrogen-bond acceptors (Lipinski definition) is 15. The SMILES string of the molecule is C[C@@H]1O[C@@H](O[C@H]2CO[C@H](OC(=N)C(Cl)(Cl)Cl)[C@H](OC(=O)c3ccccc3)[C@H]2OC(=O)c2ccccc2)[C@H](OC(=O)c2ccccc2)[C@H](OC(=O)c2ccccc2)[C@H]1OC(=O)c1ccccc1. The summed E-state index contributed by atoms with van der Waals surface area (Å²) >= 11 is 17.9. The maximum Gasteiger partial charge on any atom is 0.338 e. The molecule has 0 unspecified atom stereocenters. The Hall–Kier alpha value is -6.33. The molecule has 2 saturated heterocycles. The molecule has 0 aromatic heterocycles. The normalized spacial score (nSPS) is 23.8. The summed E-state index contributed by atoms with van der Waals surface area (Å²) in [5.41, 5.74) is 0.502. The molecule has 2 heterocycles. The summed E-state index contributed by atoms with van der Waals surface area (Å²) in [4.78, 5) is 69.2. The summed E-state index contributed by atoms with van der Waals surface area (Å²) in [5, 5.41) is 8.33. The summed E-state index contributed by atoms with van der Waals surface area (Å²) < 4.78 is 52.4. The maximum absolute atomic E-state index is 14.0. The molecule has 2 fully saturated rings. The van der Waals surface area contributed by atoms with Gasteiger partial charge in [0.15, 0.2) is 30.7 Å². The molecule has 15 nitrogen and oxygen atoms in total. The average Bonchev–Trinajstić information content (AvgIpc) is 3.33. The highest BCUT2D eigenvalue weighted by molar-refractivity contribution is 6.76. The molecule has 5 aromatic carbocycles. The fraction of sp³-hybridized carbons (Fsp3) is 0.250. The second-order valence-electron chi connectivity index (χ2n) is 14.7. The Morgan fingerprint density at radius 2 is 0.788 bits per heavy atom. The lowest BCUT2D eigenvalue weighted by Crippen LogP contribution is -2.64. The third-order valence-corrected chi connectivity index (χ3v) is 10.7. The molecule has 0 aliphatic carbocycles. The van der Waals surface area contributed by atoms with Gasteiger partial charge in [-0.3, -0.25) is 5.41 Å². The van der Waals surface area contributed by atoms with Crippen LogP contribution < -0.4 is 0 Å². The number of nitrogens with one attached hydrogen (secondary N) is 1. The van der Waals surface area contributed by atoms with Gasteiger partial charge >= 0.3 is 29.8 Å². The summed E-state index contributed by atoms with van der Waals surface area (Å²) in [7, 11) is 0. The van der Waals surface area contributed by atoms with Crippen molar-refractivity contribution in [2.75, 3.05) is 6.61 Å². The zero-order chi connectivity index (χ0) is 46.8. The van der Waals surface area contributed by atoms with Crippen LogP contribution in [0.15, 0.2) is 152 Å². The van der Waals surface area contributed by atoms with E-state index in [0.29, 0.717) is 0 Å². The highest BCUT2D eigenvalue weighted by atomic mass is 35.6. The molecular weight excluding hydrogens is 921 g/mol. The predicted octanol–water partition coefficient (Wildman–Crippen LogP) is 7.96. The number of alkyl halides is 3. The van der Waals surface area contributed by atoms with Crippen molar-refractivity contribution in [1.29, 1.82) is 5.41 Å². The molecule has 7 rings (SSSR count). The van der Waals surface area contributed by atoms with E-state index in [-0.39, 0.29) is 27.8 Å². The highest BCUT2D eigenvalue weighted by Crippen LogP contribution is 2.36. The number of halogens is 3. The Morgan fingerprint density at radius 3 is 1.15 bits per heavy atom. The van der Waals surface area contributed by atoms with Gasteiger partial charge < -0.3 is 42.6 Å². The standard InChI is InChI=1S/C48H40Cl3NO14/c1-28-35(61-40(53)29-17-7-2-8-18-29)37(63-42(55)31-21-11-4-12-22-31)39(65-44(57)33-25-15-6-16-26-33)46(59-28)60-34-27-58-45(66-47(52)48(49,50)51)38(64-43(56)32-23-13-5-14-24-32)36(34)62-41(54)30-19-9-3-10-20-30/h2-26,28,34-39,45-46,52H,27H2,1H3/t28-,34-,35-,36-,37+,38+,39+,45+,46-/m0/s1. The Balaban J connectivity index is 1.30. The minimum atomic E-state index is -2.41. The minimum Gasteiger partial charge on any atom is -0.452 e. The van der Waals surface area contributed by atoms with Crippen molar-refractivity contribution >= 4 is 70.5 Å². The van der Waals surface area contributed by atoms with Gasteiger partial charge in [-0.15, -0.1) is 0 Å². The molecule has 9 atom stereocenters. The van der Waals surface area contributed by atoms with Crippen molar-refractivity contribution in [3.05, 3.63) is 179 Å². The van der Waals surface area contributed by atoms with Gasteiger partial charge in [0.25, 0.3) is 3.79 Å². The predicted molar refractivity (Wildman–Crippen MR) is 236 cm³/mol. The first-order valence-electron chi connectivity index (χ1n) is 20.3. The maximum atomic E-state index is 14.0. The van der Waals surface area contributed by atoms with Gasteiger partial charge in [0, 0.05) is 0 Å². The number of hydrogen-bond donors (Lipinski definition) is 1. The van der Waals surface area contributed by atoms with E-state index in [1.165, 1.54) is 67.6 Å². The molecule has 0 saturated carbocycles. The van der Waals surface area contributed by atoms with Crippen molar-refractivity contribution in [1.82, 2.24) is 0 Å². The Kier molecular flexibility index (Phi) is 15.7. The number of carbonyl (C=O) groups excluding carboxylic acids is 5. The molecule has 0 bridgehead atoms. The summed E-state index contributed by atoms with van der Waals surface area (Å²) in [6, 6.07) is 39.4. The second kappa shape index (κ2) is 21.8. The van der Waals surface area contributed by atoms with Crippen LogP contribution >= 0.6 is 34.8 Å². The number of benzene rings is 5. The van der Waals surface area contributed by atoms with Crippen molar-refractivity contribution < 1.29 is 66.6 Å². The van der Waals surface area contributed by atoms with E-state index in [1.54, 1.807) is 91.0 Å². The van der Waals surface area contributed by atoms with E-state index in [0.717, 1.165) is 0 Å². The van der Waals surface area contributed by atoms with Gasteiger partial charge in [-0.2, -0.15) is 0 Å². The Bertz CT molecular complexity index is 2460. The van der Waals surface area contributed by atoms with Crippen LogP contribution in [0.3, 0.4) is 0 Å². The van der Waals surface area contributed by atoms with Crippen molar-refractivity contribution in [3.8, 4) is 0 Å². The van der Waals surface area contributed by atoms with Crippen molar-refractivity contribution in [2.24, 2.45) is 0 Å². The zero-order valence-electron chi connectivity index (χ0n) is 34.7. The molecule has 5 aromatic rings. The highest BCUT2D eigenvalue weighted by Gasteiger charge is 2.56. The first-order chi connectivity index (χ1) is 31.8.